The normalized spacial score (nSPS) is 37.2. The molecule has 1 aliphatic heterocycles. The Bertz CT molecular complexity index is 440. The van der Waals surface area contributed by atoms with Crippen LogP contribution in [0.1, 0.15) is 19.3 Å². The van der Waals surface area contributed by atoms with Crippen molar-refractivity contribution >= 4 is 11.9 Å². The molecule has 0 spiro atoms. The molecule has 1 amide bonds. The van der Waals surface area contributed by atoms with Gasteiger partial charge in [0.15, 0.2) is 0 Å². The van der Waals surface area contributed by atoms with E-state index < -0.39 is 11.9 Å². The molecule has 4 unspecified atom stereocenters. The topological polar surface area (TPSA) is 69.6 Å². The van der Waals surface area contributed by atoms with Gasteiger partial charge < -0.3 is 15.3 Å². The van der Waals surface area contributed by atoms with Crippen molar-refractivity contribution in [1.82, 2.24) is 10.2 Å². The van der Waals surface area contributed by atoms with Gasteiger partial charge in [-0.3, -0.25) is 9.59 Å². The summed E-state index contributed by atoms with van der Waals surface area (Å²) in [4.78, 5) is 26.2. The zero-order valence-corrected chi connectivity index (χ0v) is 11.8. The first-order chi connectivity index (χ1) is 9.56. The highest BCUT2D eigenvalue weighted by Crippen LogP contribution is 2.48. The molecule has 3 aliphatic rings. The Morgan fingerprint density at radius 1 is 1.15 bits per heavy atom. The van der Waals surface area contributed by atoms with E-state index in [9.17, 15) is 14.7 Å². The third kappa shape index (κ3) is 2.35. The van der Waals surface area contributed by atoms with Crippen LogP contribution in [-0.2, 0) is 9.59 Å². The molecule has 1 saturated heterocycles. The van der Waals surface area contributed by atoms with Gasteiger partial charge in [-0.25, -0.2) is 0 Å². The van der Waals surface area contributed by atoms with E-state index >= 15 is 0 Å². The quantitative estimate of drug-likeness (QED) is 0.746. The zero-order chi connectivity index (χ0) is 14.3. The first kappa shape index (κ1) is 13.6. The first-order valence-electron chi connectivity index (χ1n) is 7.46. The largest absolute Gasteiger partial charge is 0.481 e. The van der Waals surface area contributed by atoms with Gasteiger partial charge in [0.05, 0.1) is 11.8 Å². The molecule has 5 nitrogen and oxygen atoms in total. The number of hydrogen-bond donors (Lipinski definition) is 2. The van der Waals surface area contributed by atoms with Crippen LogP contribution in [0.15, 0.2) is 12.2 Å². The van der Waals surface area contributed by atoms with Crippen LogP contribution in [0.5, 0.6) is 0 Å². The molecule has 110 valence electrons. The van der Waals surface area contributed by atoms with E-state index in [0.29, 0.717) is 0 Å². The molecule has 20 heavy (non-hydrogen) atoms. The number of aliphatic carboxylic acids is 1. The lowest BCUT2D eigenvalue weighted by atomic mass is 9.82. The first-order valence-corrected chi connectivity index (χ1v) is 7.46. The maximum atomic E-state index is 12.5. The second-order valence-corrected chi connectivity index (χ2v) is 6.42. The van der Waals surface area contributed by atoms with Crippen molar-refractivity contribution in [1.29, 1.82) is 0 Å². The summed E-state index contributed by atoms with van der Waals surface area (Å²) in [5, 5.41) is 12.5. The van der Waals surface area contributed by atoms with Crippen molar-refractivity contribution in [3.8, 4) is 0 Å². The molecule has 2 bridgehead atoms. The Morgan fingerprint density at radius 2 is 1.75 bits per heavy atom. The van der Waals surface area contributed by atoms with Crippen molar-refractivity contribution in [2.75, 3.05) is 20.1 Å². The summed E-state index contributed by atoms with van der Waals surface area (Å²) in [6, 6.07) is 0.205. The Kier molecular flexibility index (Phi) is 3.54. The van der Waals surface area contributed by atoms with Gasteiger partial charge in [0.1, 0.15) is 0 Å². The molecule has 2 fully saturated rings. The molecule has 0 aromatic rings. The average Bonchev–Trinajstić information content (AvgIpc) is 3.01. The summed E-state index contributed by atoms with van der Waals surface area (Å²) >= 11 is 0. The summed E-state index contributed by atoms with van der Waals surface area (Å²) in [6.45, 7) is 1.98. The van der Waals surface area contributed by atoms with Crippen LogP contribution >= 0.6 is 0 Å². The number of amides is 1. The maximum absolute atomic E-state index is 12.5. The van der Waals surface area contributed by atoms with E-state index in [1.807, 2.05) is 12.2 Å². The van der Waals surface area contributed by atoms with Crippen molar-refractivity contribution in [2.24, 2.45) is 23.7 Å². The van der Waals surface area contributed by atoms with Gasteiger partial charge in [0.2, 0.25) is 5.91 Å². The molecule has 0 radical (unpaired) electrons. The SMILES string of the molecule is CN1CCC(NC(=O)C2C3C=CC(C3)C2C(=O)O)CC1. The highest BCUT2D eigenvalue weighted by molar-refractivity contribution is 5.87. The smallest absolute Gasteiger partial charge is 0.307 e. The summed E-state index contributed by atoms with van der Waals surface area (Å²) in [6.07, 6.45) is 6.74. The van der Waals surface area contributed by atoms with Gasteiger partial charge in [0.25, 0.3) is 0 Å². The van der Waals surface area contributed by atoms with Crippen molar-refractivity contribution in [3.63, 3.8) is 0 Å². The van der Waals surface area contributed by atoms with E-state index in [2.05, 4.69) is 17.3 Å². The Morgan fingerprint density at radius 3 is 2.35 bits per heavy atom. The van der Waals surface area contributed by atoms with Crippen LogP contribution in [0.25, 0.3) is 0 Å². The second-order valence-electron chi connectivity index (χ2n) is 6.42. The van der Waals surface area contributed by atoms with E-state index in [1.54, 1.807) is 0 Å². The minimum absolute atomic E-state index is 0.0470. The third-order valence-electron chi connectivity index (χ3n) is 5.11. The van der Waals surface area contributed by atoms with E-state index in [1.165, 1.54) is 0 Å². The number of piperidine rings is 1. The number of rotatable bonds is 3. The number of fused-ring (bicyclic) bond motifs is 2. The molecule has 2 N–H and O–H groups in total. The fourth-order valence-corrected chi connectivity index (χ4v) is 3.97. The number of carboxylic acids is 1. The molecule has 4 atom stereocenters. The highest BCUT2D eigenvalue weighted by Gasteiger charge is 2.51. The average molecular weight is 278 g/mol. The number of carbonyl (C=O) groups excluding carboxylic acids is 1. The zero-order valence-electron chi connectivity index (χ0n) is 11.8. The fraction of sp³-hybridized carbons (Fsp3) is 0.733. The van der Waals surface area contributed by atoms with Crippen molar-refractivity contribution in [2.45, 2.75) is 25.3 Å². The lowest BCUT2D eigenvalue weighted by Crippen LogP contribution is -2.48. The Hall–Kier alpha value is -1.36. The van der Waals surface area contributed by atoms with E-state index in [0.717, 1.165) is 32.4 Å². The lowest BCUT2D eigenvalue weighted by molar-refractivity contribution is -0.148. The summed E-state index contributed by atoms with van der Waals surface area (Å²) in [5.74, 6) is -1.62. The molecule has 3 rings (SSSR count). The number of likely N-dealkylation sites (tertiary alicyclic amines) is 1. The minimum Gasteiger partial charge on any atom is -0.481 e. The Labute approximate surface area is 119 Å². The molecule has 0 aromatic carbocycles. The van der Waals surface area contributed by atoms with Crippen molar-refractivity contribution in [3.05, 3.63) is 12.2 Å². The maximum Gasteiger partial charge on any atom is 0.307 e. The van der Waals surface area contributed by atoms with Gasteiger partial charge in [0, 0.05) is 6.04 Å². The van der Waals surface area contributed by atoms with Crippen LogP contribution in [0, 0.1) is 23.7 Å². The minimum atomic E-state index is -0.828. The molecular formula is C15H22N2O3. The number of carbonyl (C=O) groups is 2. The third-order valence-corrected chi connectivity index (χ3v) is 5.11. The molecule has 1 saturated carbocycles. The molecule has 1 heterocycles. The number of nitrogens with zero attached hydrogens (tertiary/aromatic N) is 1. The number of carboxylic acid groups (broad SMARTS) is 1. The number of nitrogens with one attached hydrogen (secondary N) is 1. The van der Waals surface area contributed by atoms with Crippen molar-refractivity contribution < 1.29 is 14.7 Å². The van der Waals surface area contributed by atoms with Gasteiger partial charge in [-0.15, -0.1) is 0 Å². The lowest BCUT2D eigenvalue weighted by Gasteiger charge is -2.32. The van der Waals surface area contributed by atoms with Gasteiger partial charge in [-0.1, -0.05) is 12.2 Å². The predicted octanol–water partition coefficient (Wildman–Crippen LogP) is 0.720. The van der Waals surface area contributed by atoms with Gasteiger partial charge in [-0.05, 0) is 51.2 Å². The fourth-order valence-electron chi connectivity index (χ4n) is 3.97. The van der Waals surface area contributed by atoms with E-state index in [4.69, 9.17) is 0 Å². The Balaban J connectivity index is 1.64. The summed E-state index contributed by atoms with van der Waals surface area (Å²) in [7, 11) is 2.08. The van der Waals surface area contributed by atoms with Crippen LogP contribution in [0.4, 0.5) is 0 Å². The van der Waals surface area contributed by atoms with Crippen LogP contribution in [-0.4, -0.2) is 48.1 Å². The van der Waals surface area contributed by atoms with Gasteiger partial charge in [-0.2, -0.15) is 0 Å². The number of hydrogen-bond acceptors (Lipinski definition) is 3. The number of allylic oxidation sites excluding steroid dienone is 2. The van der Waals surface area contributed by atoms with Crippen LogP contribution in [0.3, 0.4) is 0 Å². The van der Waals surface area contributed by atoms with E-state index in [-0.39, 0.29) is 29.7 Å². The summed E-state index contributed by atoms with van der Waals surface area (Å²) < 4.78 is 0. The van der Waals surface area contributed by atoms with Crippen LogP contribution in [0.2, 0.25) is 0 Å². The molecule has 5 heteroatoms. The monoisotopic (exact) mass is 278 g/mol. The highest BCUT2D eigenvalue weighted by atomic mass is 16.4. The molecular weight excluding hydrogens is 256 g/mol. The predicted molar refractivity (Wildman–Crippen MR) is 74.0 cm³/mol. The van der Waals surface area contributed by atoms with Gasteiger partial charge >= 0.3 is 5.97 Å². The molecule has 0 aromatic heterocycles. The summed E-state index contributed by atoms with van der Waals surface area (Å²) in [5.41, 5.74) is 0. The second kappa shape index (κ2) is 5.20. The van der Waals surface area contributed by atoms with Crippen LogP contribution < -0.4 is 5.32 Å². The standard InChI is InChI=1S/C15H22N2O3/c1-17-6-4-11(5-7-17)16-14(18)12-9-2-3-10(8-9)13(12)15(19)20/h2-3,9-13H,4-8H2,1H3,(H,16,18)(H,19,20). The molecule has 2 aliphatic carbocycles.